The molecular weight excluding hydrogens is 447 g/mol. The van der Waals surface area contributed by atoms with Crippen LogP contribution < -0.4 is 0 Å². The molecule has 3 heteroatoms. The standard InChI is InChI=1S/C26H32N2.Pd/c1-7-8-9-10-11-12-26(28-25-17-21(4)14-22(5)18-25)23(6)27-24-15-19(2)13-20(3)16-24;/h13-18H,7-10H2,1-6H3;. The molecule has 29 heavy (non-hydrogen) atoms. The number of aryl methyl sites for hydroxylation is 4. The molecule has 0 aliphatic heterocycles. The van der Waals surface area contributed by atoms with Gasteiger partial charge in [-0.1, -0.05) is 37.8 Å². The summed E-state index contributed by atoms with van der Waals surface area (Å²) in [5, 5.41) is 0. The van der Waals surface area contributed by atoms with Crippen LogP contribution >= 0.6 is 0 Å². The molecule has 2 nitrogen and oxygen atoms in total. The fourth-order valence-corrected chi connectivity index (χ4v) is 3.22. The molecule has 0 amide bonds. The van der Waals surface area contributed by atoms with Gasteiger partial charge in [-0.25, -0.2) is 4.99 Å². The Morgan fingerprint density at radius 2 is 1.24 bits per heavy atom. The average molecular weight is 479 g/mol. The van der Waals surface area contributed by atoms with Crippen LogP contribution in [0.1, 0.15) is 61.8 Å². The third-order valence-corrected chi connectivity index (χ3v) is 4.41. The molecule has 2 rings (SSSR count). The predicted molar refractivity (Wildman–Crippen MR) is 124 cm³/mol. The van der Waals surface area contributed by atoms with Gasteiger partial charge in [0, 0.05) is 26.8 Å². The summed E-state index contributed by atoms with van der Waals surface area (Å²) < 4.78 is 0. The second-order valence-electron chi connectivity index (χ2n) is 7.61. The van der Waals surface area contributed by atoms with Crippen LogP contribution in [0.2, 0.25) is 0 Å². The van der Waals surface area contributed by atoms with Gasteiger partial charge < -0.3 is 0 Å². The van der Waals surface area contributed by atoms with Gasteiger partial charge in [-0.3, -0.25) is 4.99 Å². The van der Waals surface area contributed by atoms with E-state index in [4.69, 9.17) is 9.98 Å². The van der Waals surface area contributed by atoms with Crippen molar-refractivity contribution in [3.05, 3.63) is 58.7 Å². The van der Waals surface area contributed by atoms with E-state index in [1.807, 2.05) is 6.92 Å². The van der Waals surface area contributed by atoms with Crippen LogP contribution in [0.15, 0.2) is 46.4 Å². The van der Waals surface area contributed by atoms with E-state index in [1.165, 1.54) is 35.1 Å². The van der Waals surface area contributed by atoms with E-state index in [-0.39, 0.29) is 20.4 Å². The molecular formula is C26H32N2Pd. The summed E-state index contributed by atoms with van der Waals surface area (Å²) in [7, 11) is 0. The topological polar surface area (TPSA) is 24.7 Å². The van der Waals surface area contributed by atoms with Gasteiger partial charge >= 0.3 is 0 Å². The first-order chi connectivity index (χ1) is 13.4. The molecule has 0 fully saturated rings. The maximum atomic E-state index is 4.85. The van der Waals surface area contributed by atoms with Crippen LogP contribution in [0.25, 0.3) is 0 Å². The Morgan fingerprint density at radius 3 is 1.72 bits per heavy atom. The van der Waals surface area contributed by atoms with Crippen molar-refractivity contribution in [1.29, 1.82) is 0 Å². The number of aliphatic imine (C=N–C) groups is 2. The fraction of sp³-hybridized carbons (Fsp3) is 0.385. The molecule has 0 aliphatic rings. The molecule has 0 atom stereocenters. The van der Waals surface area contributed by atoms with Gasteiger partial charge in [0.2, 0.25) is 0 Å². The Morgan fingerprint density at radius 1 is 0.759 bits per heavy atom. The van der Waals surface area contributed by atoms with Crippen LogP contribution in [-0.2, 0) is 20.4 Å². The second-order valence-corrected chi connectivity index (χ2v) is 7.61. The van der Waals surface area contributed by atoms with Crippen molar-refractivity contribution in [3.63, 3.8) is 0 Å². The Bertz CT molecular complexity index is 902. The maximum absolute atomic E-state index is 4.85. The quantitative estimate of drug-likeness (QED) is 0.179. The largest absolute Gasteiger partial charge is 0.251 e. The minimum absolute atomic E-state index is 0. The molecule has 2 aromatic rings. The zero-order chi connectivity index (χ0) is 20.5. The summed E-state index contributed by atoms with van der Waals surface area (Å²) in [4.78, 5) is 9.67. The van der Waals surface area contributed by atoms with Crippen molar-refractivity contribution >= 4 is 22.8 Å². The summed E-state index contributed by atoms with van der Waals surface area (Å²) in [5.74, 6) is 6.58. The number of benzene rings is 2. The van der Waals surface area contributed by atoms with Gasteiger partial charge in [0.1, 0.15) is 5.71 Å². The van der Waals surface area contributed by atoms with E-state index in [0.717, 1.165) is 35.6 Å². The predicted octanol–water partition coefficient (Wildman–Crippen LogP) is 7.37. The molecule has 0 aromatic heterocycles. The van der Waals surface area contributed by atoms with E-state index in [2.05, 4.69) is 82.9 Å². The molecule has 0 unspecified atom stereocenters. The van der Waals surface area contributed by atoms with Crippen molar-refractivity contribution in [2.24, 2.45) is 9.98 Å². The Hall–Kier alpha value is -2.00. The maximum Gasteiger partial charge on any atom is 0.135 e. The van der Waals surface area contributed by atoms with Gasteiger partial charge in [-0.05, 0) is 93.5 Å². The number of nitrogens with zero attached hydrogens (tertiary/aromatic N) is 2. The van der Waals surface area contributed by atoms with Gasteiger partial charge in [-0.15, -0.1) is 0 Å². The monoisotopic (exact) mass is 478 g/mol. The number of hydrogen-bond donors (Lipinski definition) is 0. The van der Waals surface area contributed by atoms with E-state index in [9.17, 15) is 0 Å². The molecule has 0 radical (unpaired) electrons. The van der Waals surface area contributed by atoms with Crippen LogP contribution in [0.5, 0.6) is 0 Å². The van der Waals surface area contributed by atoms with Crippen molar-refractivity contribution in [2.45, 2.75) is 67.2 Å². The van der Waals surface area contributed by atoms with E-state index >= 15 is 0 Å². The summed E-state index contributed by atoms with van der Waals surface area (Å²) in [6.07, 6.45) is 4.45. The molecule has 0 bridgehead atoms. The molecule has 0 spiro atoms. The number of rotatable bonds is 6. The molecule has 0 heterocycles. The zero-order valence-electron chi connectivity index (χ0n) is 18.5. The van der Waals surface area contributed by atoms with Gasteiger partial charge in [-0.2, -0.15) is 0 Å². The first kappa shape index (κ1) is 25.0. The fourth-order valence-electron chi connectivity index (χ4n) is 3.22. The minimum Gasteiger partial charge on any atom is -0.251 e. The van der Waals surface area contributed by atoms with Crippen LogP contribution in [0.4, 0.5) is 11.4 Å². The van der Waals surface area contributed by atoms with E-state index in [1.54, 1.807) is 0 Å². The Kier molecular flexibility index (Phi) is 10.8. The van der Waals surface area contributed by atoms with Crippen LogP contribution in [0.3, 0.4) is 0 Å². The normalized spacial score (nSPS) is 11.5. The third-order valence-electron chi connectivity index (χ3n) is 4.41. The van der Waals surface area contributed by atoms with E-state index in [0.29, 0.717) is 0 Å². The van der Waals surface area contributed by atoms with Crippen molar-refractivity contribution in [2.75, 3.05) is 0 Å². The third kappa shape index (κ3) is 8.91. The van der Waals surface area contributed by atoms with Crippen molar-refractivity contribution in [3.8, 4) is 11.8 Å². The summed E-state index contributed by atoms with van der Waals surface area (Å²) in [6, 6.07) is 12.7. The molecule has 0 aliphatic carbocycles. The second kappa shape index (κ2) is 12.5. The SMILES string of the molecule is CCCCCC#CC(=Nc1cc(C)cc(C)c1)C(C)=Nc1cc(C)cc(C)c1.[Pd]. The first-order valence-electron chi connectivity index (χ1n) is 10.2. The van der Waals surface area contributed by atoms with Crippen molar-refractivity contribution in [1.82, 2.24) is 0 Å². The van der Waals surface area contributed by atoms with Gasteiger partial charge in [0.05, 0.1) is 17.1 Å². The minimum atomic E-state index is 0. The number of hydrogen-bond acceptors (Lipinski definition) is 2. The molecule has 2 aromatic carbocycles. The molecule has 0 saturated heterocycles. The first-order valence-corrected chi connectivity index (χ1v) is 10.2. The van der Waals surface area contributed by atoms with Crippen LogP contribution in [0, 0.1) is 39.5 Å². The smallest absolute Gasteiger partial charge is 0.135 e. The summed E-state index contributed by atoms with van der Waals surface area (Å²) in [6.45, 7) is 12.6. The van der Waals surface area contributed by atoms with Crippen LogP contribution in [-0.4, -0.2) is 11.4 Å². The van der Waals surface area contributed by atoms with E-state index < -0.39 is 0 Å². The van der Waals surface area contributed by atoms with Gasteiger partial charge in [0.25, 0.3) is 0 Å². The summed E-state index contributed by atoms with van der Waals surface area (Å²) in [5.41, 5.74) is 8.33. The Labute approximate surface area is 190 Å². The molecule has 0 N–H and O–H groups in total. The Balaban J connectivity index is 0.00000420. The average Bonchev–Trinajstić information content (AvgIpc) is 2.58. The zero-order valence-corrected chi connectivity index (χ0v) is 20.1. The van der Waals surface area contributed by atoms with Crippen molar-refractivity contribution < 1.29 is 20.4 Å². The molecule has 156 valence electrons. The van der Waals surface area contributed by atoms with Gasteiger partial charge in [0.15, 0.2) is 0 Å². The molecule has 0 saturated carbocycles. The number of unbranched alkanes of at least 4 members (excludes halogenated alkanes) is 3. The summed E-state index contributed by atoms with van der Waals surface area (Å²) >= 11 is 0.